The highest BCUT2D eigenvalue weighted by atomic mass is 16.5. The van der Waals surface area contributed by atoms with E-state index in [9.17, 15) is 4.79 Å². The molecule has 5 heteroatoms. The summed E-state index contributed by atoms with van der Waals surface area (Å²) < 4.78 is 7.88. The van der Waals surface area contributed by atoms with E-state index in [1.807, 2.05) is 28.9 Å². The Kier molecular flexibility index (Phi) is 4.34. The van der Waals surface area contributed by atoms with Crippen molar-refractivity contribution in [2.24, 2.45) is 11.8 Å². The molecule has 1 aliphatic heterocycles. The van der Waals surface area contributed by atoms with E-state index in [2.05, 4.69) is 30.3 Å². The molecule has 132 valence electrons. The Hall–Kier alpha value is -2.14. The van der Waals surface area contributed by atoms with Crippen molar-refractivity contribution < 1.29 is 9.53 Å². The average Bonchev–Trinajstić information content (AvgIpc) is 3.15. The van der Waals surface area contributed by atoms with Crippen LogP contribution < -0.4 is 5.32 Å². The van der Waals surface area contributed by atoms with Gasteiger partial charge in [-0.2, -0.15) is 5.10 Å². The molecule has 2 fully saturated rings. The van der Waals surface area contributed by atoms with Gasteiger partial charge in [-0.1, -0.05) is 18.2 Å². The predicted octanol–water partition coefficient (Wildman–Crippen LogP) is 3.17. The van der Waals surface area contributed by atoms with Crippen molar-refractivity contribution in [3.63, 3.8) is 0 Å². The largest absolute Gasteiger partial charge is 0.371 e. The monoisotopic (exact) mass is 339 g/mol. The lowest BCUT2D eigenvalue weighted by Gasteiger charge is -2.22. The second-order valence-electron chi connectivity index (χ2n) is 7.28. The van der Waals surface area contributed by atoms with E-state index in [0.717, 1.165) is 23.4 Å². The van der Waals surface area contributed by atoms with Gasteiger partial charge in [-0.3, -0.25) is 4.79 Å². The molecule has 1 saturated heterocycles. The van der Waals surface area contributed by atoms with Gasteiger partial charge in [-0.05, 0) is 56.7 Å². The van der Waals surface area contributed by atoms with Crippen LogP contribution in [0.3, 0.4) is 0 Å². The first-order valence-electron chi connectivity index (χ1n) is 9.17. The summed E-state index contributed by atoms with van der Waals surface area (Å²) in [5, 5.41) is 7.69. The number of hydrogen-bond acceptors (Lipinski definition) is 3. The minimum atomic E-state index is -0.242. The Morgan fingerprint density at radius 2 is 2.08 bits per heavy atom. The molecule has 1 aliphatic carbocycles. The van der Waals surface area contributed by atoms with Gasteiger partial charge in [0.1, 0.15) is 6.10 Å². The Bertz CT molecular complexity index is 766. The molecule has 3 atom stereocenters. The fourth-order valence-corrected chi connectivity index (χ4v) is 3.73. The standard InChI is InChI=1S/C20H25N3O2/c1-13-5-3-4-6-17(13)23-18(9-11-21-23)19-16(10-12-25-19)20(24)22-14(2)15-7-8-15/h3-6,9,11,14-16,19H,7-8,10,12H2,1-2H3,(H,22,24)/t14-,16+,19+/m1/s1. The van der Waals surface area contributed by atoms with E-state index in [4.69, 9.17) is 4.74 Å². The quantitative estimate of drug-likeness (QED) is 0.910. The molecule has 2 heterocycles. The van der Waals surface area contributed by atoms with Crippen molar-refractivity contribution in [2.75, 3.05) is 6.61 Å². The van der Waals surface area contributed by atoms with Gasteiger partial charge in [-0.15, -0.1) is 0 Å². The molecule has 25 heavy (non-hydrogen) atoms. The number of ether oxygens (including phenoxy) is 1. The highest BCUT2D eigenvalue weighted by Gasteiger charge is 2.39. The number of nitrogens with zero attached hydrogens (tertiary/aromatic N) is 2. The summed E-state index contributed by atoms with van der Waals surface area (Å²) in [6, 6.07) is 10.4. The molecule has 5 nitrogen and oxygen atoms in total. The van der Waals surface area contributed by atoms with E-state index in [0.29, 0.717) is 12.5 Å². The van der Waals surface area contributed by atoms with Gasteiger partial charge >= 0.3 is 0 Å². The van der Waals surface area contributed by atoms with E-state index in [-0.39, 0.29) is 24.0 Å². The molecular formula is C20H25N3O2. The van der Waals surface area contributed by atoms with Crippen molar-refractivity contribution in [3.8, 4) is 5.69 Å². The average molecular weight is 339 g/mol. The summed E-state index contributed by atoms with van der Waals surface area (Å²) in [5.74, 6) is 0.613. The molecule has 1 aromatic heterocycles. The summed E-state index contributed by atoms with van der Waals surface area (Å²) in [6.07, 6.45) is 4.75. The molecule has 1 aromatic carbocycles. The van der Waals surface area contributed by atoms with Crippen LogP contribution in [0.25, 0.3) is 5.69 Å². The van der Waals surface area contributed by atoms with Gasteiger partial charge < -0.3 is 10.1 Å². The minimum Gasteiger partial charge on any atom is -0.371 e. The lowest BCUT2D eigenvalue weighted by Crippen LogP contribution is -2.39. The van der Waals surface area contributed by atoms with E-state index in [1.165, 1.54) is 12.8 Å². The van der Waals surface area contributed by atoms with Gasteiger partial charge in [0.15, 0.2) is 0 Å². The molecule has 1 amide bonds. The van der Waals surface area contributed by atoms with E-state index in [1.54, 1.807) is 6.20 Å². The molecule has 2 aliphatic rings. The fraction of sp³-hybridized carbons (Fsp3) is 0.500. The van der Waals surface area contributed by atoms with Gasteiger partial charge in [0, 0.05) is 18.8 Å². The minimum absolute atomic E-state index is 0.111. The van der Waals surface area contributed by atoms with Gasteiger partial charge in [0.2, 0.25) is 5.91 Å². The number of aromatic nitrogens is 2. The maximum atomic E-state index is 12.8. The van der Waals surface area contributed by atoms with Crippen LogP contribution in [0.15, 0.2) is 36.5 Å². The third-order valence-corrected chi connectivity index (χ3v) is 5.43. The maximum absolute atomic E-state index is 12.8. The second kappa shape index (κ2) is 6.64. The van der Waals surface area contributed by atoms with E-state index >= 15 is 0 Å². The molecule has 1 N–H and O–H groups in total. The number of benzene rings is 1. The molecule has 2 aromatic rings. The highest BCUT2D eigenvalue weighted by molar-refractivity contribution is 5.80. The van der Waals surface area contributed by atoms with Gasteiger partial charge in [0.05, 0.1) is 17.3 Å². The van der Waals surface area contributed by atoms with Crippen molar-refractivity contribution >= 4 is 5.91 Å². The fourth-order valence-electron chi connectivity index (χ4n) is 3.73. The van der Waals surface area contributed by atoms with Crippen LogP contribution in [0.4, 0.5) is 0 Å². The first-order chi connectivity index (χ1) is 12.1. The Labute approximate surface area is 148 Å². The lowest BCUT2D eigenvalue weighted by atomic mass is 9.97. The van der Waals surface area contributed by atoms with Crippen LogP contribution in [0.2, 0.25) is 0 Å². The third kappa shape index (κ3) is 3.21. The van der Waals surface area contributed by atoms with E-state index < -0.39 is 0 Å². The number of carbonyl (C=O) groups excluding carboxylic acids is 1. The number of nitrogens with one attached hydrogen (secondary N) is 1. The van der Waals surface area contributed by atoms with Crippen LogP contribution in [-0.4, -0.2) is 28.3 Å². The first-order valence-corrected chi connectivity index (χ1v) is 9.17. The topological polar surface area (TPSA) is 56.2 Å². The number of rotatable bonds is 5. The number of hydrogen-bond donors (Lipinski definition) is 1. The summed E-state index contributed by atoms with van der Waals surface area (Å²) in [5.41, 5.74) is 3.13. The summed E-state index contributed by atoms with van der Waals surface area (Å²) in [7, 11) is 0. The first kappa shape index (κ1) is 16.3. The number of amides is 1. The smallest absolute Gasteiger partial charge is 0.226 e. The normalized spacial score (nSPS) is 24.2. The van der Waals surface area contributed by atoms with Crippen LogP contribution in [0.1, 0.15) is 43.5 Å². The number of carbonyl (C=O) groups is 1. The second-order valence-corrected chi connectivity index (χ2v) is 7.28. The Balaban J connectivity index is 1.58. The molecule has 0 bridgehead atoms. The summed E-state index contributed by atoms with van der Waals surface area (Å²) >= 11 is 0. The molecule has 0 unspecified atom stereocenters. The van der Waals surface area contributed by atoms with Crippen molar-refractivity contribution in [1.29, 1.82) is 0 Å². The van der Waals surface area contributed by atoms with Crippen molar-refractivity contribution in [1.82, 2.24) is 15.1 Å². The van der Waals surface area contributed by atoms with Crippen LogP contribution >= 0.6 is 0 Å². The summed E-state index contributed by atoms with van der Waals surface area (Å²) in [4.78, 5) is 12.8. The zero-order valence-corrected chi connectivity index (χ0v) is 14.8. The molecule has 0 radical (unpaired) electrons. The molecular weight excluding hydrogens is 314 g/mol. The molecule has 4 rings (SSSR count). The lowest BCUT2D eigenvalue weighted by molar-refractivity contribution is -0.127. The summed E-state index contributed by atoms with van der Waals surface area (Å²) in [6.45, 7) is 4.79. The third-order valence-electron chi connectivity index (χ3n) is 5.43. The predicted molar refractivity (Wildman–Crippen MR) is 95.4 cm³/mol. The van der Waals surface area contributed by atoms with Crippen LogP contribution in [0, 0.1) is 18.8 Å². The zero-order valence-electron chi connectivity index (χ0n) is 14.8. The molecule has 0 spiro atoms. The number of para-hydroxylation sites is 1. The van der Waals surface area contributed by atoms with Crippen LogP contribution in [0.5, 0.6) is 0 Å². The highest BCUT2D eigenvalue weighted by Crippen LogP contribution is 2.37. The maximum Gasteiger partial charge on any atom is 0.226 e. The SMILES string of the molecule is Cc1ccccc1-n1nccc1[C@H]1OCC[C@@H]1C(=O)N[C@H](C)C1CC1. The van der Waals surface area contributed by atoms with Crippen molar-refractivity contribution in [2.45, 2.75) is 45.3 Å². The Morgan fingerprint density at radius 3 is 2.84 bits per heavy atom. The van der Waals surface area contributed by atoms with Crippen molar-refractivity contribution in [3.05, 3.63) is 47.8 Å². The number of aryl methyl sites for hydroxylation is 1. The Morgan fingerprint density at radius 1 is 1.28 bits per heavy atom. The molecule has 1 saturated carbocycles. The van der Waals surface area contributed by atoms with Gasteiger partial charge in [0.25, 0.3) is 0 Å². The zero-order chi connectivity index (χ0) is 17.4. The van der Waals surface area contributed by atoms with Crippen LogP contribution in [-0.2, 0) is 9.53 Å². The van der Waals surface area contributed by atoms with Gasteiger partial charge in [-0.25, -0.2) is 4.68 Å².